The van der Waals surface area contributed by atoms with Gasteiger partial charge < -0.3 is 16.2 Å². The van der Waals surface area contributed by atoms with Crippen LogP contribution in [0.2, 0.25) is 0 Å². The molecule has 1 amide bonds. The molecule has 0 saturated carbocycles. The normalized spacial score (nSPS) is 12.1. The number of nitrogen functional groups attached to an aromatic ring is 1. The second-order valence-electron chi connectivity index (χ2n) is 3.57. The van der Waals surface area contributed by atoms with E-state index in [9.17, 15) is 4.79 Å². The number of hydrogen-bond donors (Lipinski definition) is 3. The van der Waals surface area contributed by atoms with E-state index in [1.54, 1.807) is 19.1 Å². The van der Waals surface area contributed by atoms with Gasteiger partial charge in [-0.3, -0.25) is 4.79 Å². The van der Waals surface area contributed by atoms with Crippen molar-refractivity contribution in [3.05, 3.63) is 29.8 Å². The number of hydrogen-bond acceptors (Lipinski definition) is 3. The zero-order valence-electron chi connectivity index (χ0n) is 8.73. The van der Waals surface area contributed by atoms with Crippen molar-refractivity contribution in [2.75, 3.05) is 12.3 Å². The monoisotopic (exact) mass is 208 g/mol. The van der Waals surface area contributed by atoms with E-state index in [1.807, 2.05) is 12.1 Å². The van der Waals surface area contributed by atoms with E-state index < -0.39 is 0 Å². The summed E-state index contributed by atoms with van der Waals surface area (Å²) in [5.74, 6) is -0.0960. The van der Waals surface area contributed by atoms with Crippen LogP contribution in [0.4, 0.5) is 5.69 Å². The summed E-state index contributed by atoms with van der Waals surface area (Å²) in [4.78, 5) is 11.4. The predicted molar refractivity (Wildman–Crippen MR) is 59.2 cm³/mol. The first kappa shape index (κ1) is 11.5. The Balaban J connectivity index is 2.48. The lowest BCUT2D eigenvalue weighted by Gasteiger charge is -2.10. The molecule has 0 aliphatic rings. The lowest BCUT2D eigenvalue weighted by atomic mass is 10.1. The Morgan fingerprint density at radius 2 is 2.07 bits per heavy atom. The van der Waals surface area contributed by atoms with Gasteiger partial charge >= 0.3 is 0 Å². The maximum absolute atomic E-state index is 11.4. The molecule has 4 heteroatoms. The quantitative estimate of drug-likeness (QED) is 0.623. The molecule has 4 nitrogen and oxygen atoms in total. The Bertz CT molecular complexity index is 322. The molecular weight excluding hydrogens is 192 g/mol. The fourth-order valence-electron chi connectivity index (χ4n) is 1.19. The number of carbonyl (C=O) groups is 1. The number of nitrogens with one attached hydrogen (secondary N) is 1. The van der Waals surface area contributed by atoms with E-state index in [4.69, 9.17) is 10.8 Å². The summed E-state index contributed by atoms with van der Waals surface area (Å²) < 4.78 is 0. The maximum Gasteiger partial charge on any atom is 0.224 e. The van der Waals surface area contributed by atoms with Gasteiger partial charge in [0.25, 0.3) is 0 Å². The number of aliphatic hydroxyl groups is 1. The molecule has 1 aromatic rings. The van der Waals surface area contributed by atoms with E-state index >= 15 is 0 Å². The van der Waals surface area contributed by atoms with Crippen molar-refractivity contribution >= 4 is 11.6 Å². The SMILES string of the molecule is C[C@@H](CO)NC(=O)Cc1ccc(N)cc1. The van der Waals surface area contributed by atoms with Gasteiger partial charge in [0.2, 0.25) is 5.91 Å². The molecule has 15 heavy (non-hydrogen) atoms. The number of benzene rings is 1. The third-order valence-corrected chi connectivity index (χ3v) is 2.03. The minimum absolute atomic E-state index is 0.0481. The molecule has 0 saturated heterocycles. The number of nitrogens with two attached hydrogens (primary N) is 1. The third-order valence-electron chi connectivity index (χ3n) is 2.03. The summed E-state index contributed by atoms with van der Waals surface area (Å²) in [7, 11) is 0. The highest BCUT2D eigenvalue weighted by molar-refractivity contribution is 5.78. The molecular formula is C11H16N2O2. The smallest absolute Gasteiger partial charge is 0.224 e. The molecule has 0 aliphatic carbocycles. The van der Waals surface area contributed by atoms with Crippen molar-refractivity contribution in [1.82, 2.24) is 5.32 Å². The van der Waals surface area contributed by atoms with Crippen molar-refractivity contribution in [3.8, 4) is 0 Å². The molecule has 4 N–H and O–H groups in total. The van der Waals surface area contributed by atoms with Gasteiger partial charge in [-0.25, -0.2) is 0 Å². The summed E-state index contributed by atoms with van der Waals surface area (Å²) in [6.45, 7) is 1.70. The summed E-state index contributed by atoms with van der Waals surface area (Å²) >= 11 is 0. The minimum atomic E-state index is -0.203. The van der Waals surface area contributed by atoms with Crippen LogP contribution < -0.4 is 11.1 Å². The van der Waals surface area contributed by atoms with Crippen LogP contribution in [0.15, 0.2) is 24.3 Å². The van der Waals surface area contributed by atoms with Gasteiger partial charge in [0.15, 0.2) is 0 Å². The average molecular weight is 208 g/mol. The van der Waals surface area contributed by atoms with Crippen LogP contribution in [0, 0.1) is 0 Å². The van der Waals surface area contributed by atoms with Crippen LogP contribution >= 0.6 is 0 Å². The van der Waals surface area contributed by atoms with Gasteiger partial charge in [0, 0.05) is 11.7 Å². The van der Waals surface area contributed by atoms with Crippen LogP contribution in [-0.2, 0) is 11.2 Å². The zero-order valence-corrected chi connectivity index (χ0v) is 8.73. The van der Waals surface area contributed by atoms with E-state index in [2.05, 4.69) is 5.32 Å². The molecule has 0 heterocycles. The van der Waals surface area contributed by atoms with Gasteiger partial charge in [0.05, 0.1) is 13.0 Å². The highest BCUT2D eigenvalue weighted by Gasteiger charge is 2.06. The zero-order chi connectivity index (χ0) is 11.3. The van der Waals surface area contributed by atoms with Crippen LogP contribution in [0.25, 0.3) is 0 Å². The van der Waals surface area contributed by atoms with E-state index in [0.29, 0.717) is 12.1 Å². The molecule has 82 valence electrons. The molecule has 1 atom stereocenters. The molecule has 0 aromatic heterocycles. The highest BCUT2D eigenvalue weighted by Crippen LogP contribution is 2.05. The first-order valence-electron chi connectivity index (χ1n) is 4.86. The Labute approximate surface area is 89.1 Å². The van der Waals surface area contributed by atoms with Crippen LogP contribution in [0.1, 0.15) is 12.5 Å². The molecule has 0 aliphatic heterocycles. The predicted octanol–water partition coefficient (Wildman–Crippen LogP) is 0.308. The molecule has 0 radical (unpaired) electrons. The van der Waals surface area contributed by atoms with Crippen LogP contribution in [0.5, 0.6) is 0 Å². The fourth-order valence-corrected chi connectivity index (χ4v) is 1.19. The molecule has 0 bridgehead atoms. The Morgan fingerprint density at radius 1 is 1.47 bits per heavy atom. The number of anilines is 1. The summed E-state index contributed by atoms with van der Waals surface area (Å²) in [6.07, 6.45) is 0.310. The summed E-state index contributed by atoms with van der Waals surface area (Å²) in [5.41, 5.74) is 7.12. The topological polar surface area (TPSA) is 75.3 Å². The van der Waals surface area contributed by atoms with Gasteiger partial charge in [-0.2, -0.15) is 0 Å². The van der Waals surface area contributed by atoms with Crippen molar-refractivity contribution in [3.63, 3.8) is 0 Å². The van der Waals surface area contributed by atoms with Gasteiger partial charge in [-0.1, -0.05) is 12.1 Å². The van der Waals surface area contributed by atoms with Crippen molar-refractivity contribution in [2.45, 2.75) is 19.4 Å². The second-order valence-corrected chi connectivity index (χ2v) is 3.57. The lowest BCUT2D eigenvalue weighted by Crippen LogP contribution is -2.35. The molecule has 0 unspecified atom stereocenters. The second kappa shape index (κ2) is 5.36. The maximum atomic E-state index is 11.4. The standard InChI is InChI=1S/C11H16N2O2/c1-8(7-14)13-11(15)6-9-2-4-10(12)5-3-9/h2-5,8,14H,6-7,12H2,1H3,(H,13,15)/t8-/m0/s1. The number of amides is 1. The molecule has 1 aromatic carbocycles. The fraction of sp³-hybridized carbons (Fsp3) is 0.364. The van der Waals surface area contributed by atoms with Crippen molar-refractivity contribution in [2.24, 2.45) is 0 Å². The minimum Gasteiger partial charge on any atom is -0.399 e. The number of carbonyl (C=O) groups excluding carboxylic acids is 1. The summed E-state index contributed by atoms with van der Waals surface area (Å²) in [6, 6.07) is 6.96. The van der Waals surface area contributed by atoms with Gasteiger partial charge in [-0.15, -0.1) is 0 Å². The largest absolute Gasteiger partial charge is 0.399 e. The number of aliphatic hydroxyl groups excluding tert-OH is 1. The van der Waals surface area contributed by atoms with Crippen LogP contribution in [-0.4, -0.2) is 23.7 Å². The van der Waals surface area contributed by atoms with E-state index in [-0.39, 0.29) is 18.6 Å². The number of rotatable bonds is 4. The van der Waals surface area contributed by atoms with Gasteiger partial charge in [-0.05, 0) is 24.6 Å². The average Bonchev–Trinajstić information content (AvgIpc) is 2.21. The Morgan fingerprint density at radius 3 is 2.60 bits per heavy atom. The summed E-state index contributed by atoms with van der Waals surface area (Å²) in [5, 5.41) is 11.4. The van der Waals surface area contributed by atoms with Crippen molar-refractivity contribution in [1.29, 1.82) is 0 Å². The Kier molecular flexibility index (Phi) is 4.12. The molecule has 0 fully saturated rings. The third kappa shape index (κ3) is 3.99. The molecule has 0 spiro atoms. The Hall–Kier alpha value is -1.55. The van der Waals surface area contributed by atoms with E-state index in [1.165, 1.54) is 0 Å². The first-order valence-corrected chi connectivity index (χ1v) is 4.86. The lowest BCUT2D eigenvalue weighted by molar-refractivity contribution is -0.121. The first-order chi connectivity index (χ1) is 7.11. The van der Waals surface area contributed by atoms with Crippen LogP contribution in [0.3, 0.4) is 0 Å². The molecule has 1 rings (SSSR count). The highest BCUT2D eigenvalue weighted by atomic mass is 16.3. The van der Waals surface area contributed by atoms with Crippen molar-refractivity contribution < 1.29 is 9.90 Å². The van der Waals surface area contributed by atoms with Gasteiger partial charge in [0.1, 0.15) is 0 Å². The van der Waals surface area contributed by atoms with E-state index in [0.717, 1.165) is 5.56 Å².